The minimum Gasteiger partial charge on any atom is -0.494 e. The monoisotopic (exact) mass is 506 g/mol. The second-order valence-corrected chi connectivity index (χ2v) is 9.23. The zero-order chi connectivity index (χ0) is 26.4. The zero-order valence-corrected chi connectivity index (χ0v) is 22.0. The van der Waals surface area contributed by atoms with Gasteiger partial charge in [-0.2, -0.15) is 0 Å². The largest absolute Gasteiger partial charge is 0.494 e. The quantitative estimate of drug-likeness (QED) is 0.144. The van der Waals surface area contributed by atoms with Crippen molar-refractivity contribution < 1.29 is 9.47 Å². The topological polar surface area (TPSA) is 70.5 Å². The van der Waals surface area contributed by atoms with Gasteiger partial charge in [0.1, 0.15) is 11.5 Å². The van der Waals surface area contributed by atoms with Crippen molar-refractivity contribution >= 4 is 11.1 Å². The number of benzene rings is 4. The van der Waals surface area contributed by atoms with E-state index in [-0.39, 0.29) is 0 Å². The van der Waals surface area contributed by atoms with E-state index in [1.54, 1.807) is 0 Å². The van der Waals surface area contributed by atoms with Crippen LogP contribution in [0, 0.1) is 0 Å². The molecule has 0 bridgehead atoms. The van der Waals surface area contributed by atoms with Crippen LogP contribution in [0.4, 0.5) is 0 Å². The molecule has 0 aliphatic heterocycles. The molecule has 4 heteroatoms. The van der Waals surface area contributed by atoms with Crippen molar-refractivity contribution in [2.75, 3.05) is 26.3 Å². The van der Waals surface area contributed by atoms with Gasteiger partial charge in [0, 0.05) is 0 Å². The lowest BCUT2D eigenvalue weighted by Gasteiger charge is -2.19. The highest BCUT2D eigenvalue weighted by molar-refractivity contribution is 6.04. The first-order chi connectivity index (χ1) is 18.8. The van der Waals surface area contributed by atoms with Crippen LogP contribution in [0.15, 0.2) is 109 Å². The number of hydrogen-bond donors (Lipinski definition) is 2. The maximum Gasteiger partial charge on any atom is 0.119 e. The molecule has 4 aromatic rings. The highest BCUT2D eigenvalue weighted by atomic mass is 16.5. The molecule has 0 spiro atoms. The van der Waals surface area contributed by atoms with Gasteiger partial charge in [-0.05, 0) is 96.4 Å². The molecule has 0 heterocycles. The van der Waals surface area contributed by atoms with Crippen LogP contribution in [0.25, 0.3) is 11.1 Å². The third kappa shape index (κ3) is 7.58. The Balaban J connectivity index is 1.84. The second-order valence-electron chi connectivity index (χ2n) is 9.23. The maximum atomic E-state index is 6.10. The molecule has 0 aliphatic carbocycles. The Kier molecular flexibility index (Phi) is 10.6. The van der Waals surface area contributed by atoms with Gasteiger partial charge in [-0.3, -0.25) is 0 Å². The molecule has 0 radical (unpaired) electrons. The predicted molar refractivity (Wildman–Crippen MR) is 158 cm³/mol. The number of unbranched alkanes of at least 4 members (excludes halogenated alkanes) is 2. The molecule has 0 saturated carbocycles. The van der Waals surface area contributed by atoms with Gasteiger partial charge < -0.3 is 20.9 Å². The summed E-state index contributed by atoms with van der Waals surface area (Å²) in [5.74, 6) is 1.72. The lowest BCUT2D eigenvalue weighted by molar-refractivity contribution is 0.307. The fourth-order valence-electron chi connectivity index (χ4n) is 4.48. The molecular formula is C34H38N2O2. The summed E-state index contributed by atoms with van der Waals surface area (Å²) in [6.07, 6.45) is 3.79. The van der Waals surface area contributed by atoms with Gasteiger partial charge in [0.05, 0.1) is 13.2 Å². The van der Waals surface area contributed by atoms with Crippen molar-refractivity contribution in [1.82, 2.24) is 0 Å². The summed E-state index contributed by atoms with van der Waals surface area (Å²) in [6.45, 7) is 2.67. The molecule has 0 saturated heterocycles. The summed E-state index contributed by atoms with van der Waals surface area (Å²) in [5.41, 5.74) is 18.1. The Bertz CT molecular complexity index is 1190. The smallest absolute Gasteiger partial charge is 0.119 e. The van der Waals surface area contributed by atoms with Crippen LogP contribution in [0.1, 0.15) is 47.9 Å². The van der Waals surface area contributed by atoms with Crippen molar-refractivity contribution in [2.45, 2.75) is 25.7 Å². The summed E-state index contributed by atoms with van der Waals surface area (Å²) in [5, 5.41) is 0. The van der Waals surface area contributed by atoms with Crippen LogP contribution in [-0.2, 0) is 0 Å². The van der Waals surface area contributed by atoms with Gasteiger partial charge in [-0.15, -0.1) is 0 Å². The van der Waals surface area contributed by atoms with E-state index < -0.39 is 0 Å². The molecule has 0 atom stereocenters. The molecule has 0 amide bonds. The van der Waals surface area contributed by atoms with E-state index in [1.165, 1.54) is 0 Å². The number of hydrogen-bond acceptors (Lipinski definition) is 4. The van der Waals surface area contributed by atoms with Crippen LogP contribution in [-0.4, -0.2) is 26.3 Å². The average molecular weight is 507 g/mol. The highest BCUT2D eigenvalue weighted by Crippen LogP contribution is 2.38. The van der Waals surface area contributed by atoms with E-state index in [2.05, 4.69) is 97.1 Å². The van der Waals surface area contributed by atoms with Crippen molar-refractivity contribution in [3.63, 3.8) is 0 Å². The van der Waals surface area contributed by atoms with E-state index in [0.717, 1.165) is 70.6 Å². The van der Waals surface area contributed by atoms with Gasteiger partial charge in [0.25, 0.3) is 0 Å². The van der Waals surface area contributed by atoms with Crippen LogP contribution < -0.4 is 20.9 Å². The Morgan fingerprint density at radius 2 is 0.842 bits per heavy atom. The van der Waals surface area contributed by atoms with E-state index in [9.17, 15) is 0 Å². The Morgan fingerprint density at radius 3 is 1.24 bits per heavy atom. The fourth-order valence-corrected chi connectivity index (χ4v) is 4.48. The highest BCUT2D eigenvalue weighted by Gasteiger charge is 2.17. The van der Waals surface area contributed by atoms with Gasteiger partial charge >= 0.3 is 0 Å². The number of rotatable bonds is 14. The summed E-state index contributed by atoms with van der Waals surface area (Å²) in [7, 11) is 0. The van der Waals surface area contributed by atoms with Crippen molar-refractivity contribution in [1.29, 1.82) is 0 Å². The van der Waals surface area contributed by atoms with E-state index in [4.69, 9.17) is 20.9 Å². The van der Waals surface area contributed by atoms with E-state index >= 15 is 0 Å². The first-order valence-electron chi connectivity index (χ1n) is 13.5. The van der Waals surface area contributed by atoms with Gasteiger partial charge in [0.15, 0.2) is 0 Å². The first-order valence-corrected chi connectivity index (χ1v) is 13.5. The lowest BCUT2D eigenvalue weighted by Crippen LogP contribution is -2.04. The molecule has 4 aromatic carbocycles. The molecular weight excluding hydrogens is 468 g/mol. The zero-order valence-electron chi connectivity index (χ0n) is 22.0. The van der Waals surface area contributed by atoms with Crippen molar-refractivity contribution in [3.05, 3.63) is 131 Å². The summed E-state index contributed by atoms with van der Waals surface area (Å²) >= 11 is 0. The first kappa shape index (κ1) is 27.2. The van der Waals surface area contributed by atoms with Crippen molar-refractivity contribution in [2.24, 2.45) is 11.5 Å². The maximum absolute atomic E-state index is 6.10. The lowest BCUT2D eigenvalue weighted by atomic mass is 9.85. The molecule has 38 heavy (non-hydrogen) atoms. The standard InChI is InChI=1S/C34H38N2O2/c35-21-7-9-23-37-31-19-11-17-29(25-31)33(27-13-3-1-4-14-27)34(28-15-5-2-6-16-28)30-18-12-20-32(26-30)38-24-10-8-22-36/h1-6,11-20,25-26H,7-10,21-24,35-36H2/b34-33-. The Hall–Kier alpha value is -3.86. The van der Waals surface area contributed by atoms with E-state index in [1.807, 2.05) is 12.1 Å². The number of nitrogens with two attached hydrogens (primary N) is 2. The third-order valence-electron chi connectivity index (χ3n) is 6.35. The summed E-state index contributed by atoms with van der Waals surface area (Å²) in [4.78, 5) is 0. The normalized spacial score (nSPS) is 11.6. The molecule has 0 aromatic heterocycles. The van der Waals surface area contributed by atoms with Crippen LogP contribution in [0.3, 0.4) is 0 Å². The van der Waals surface area contributed by atoms with Crippen LogP contribution in [0.2, 0.25) is 0 Å². The Morgan fingerprint density at radius 1 is 0.447 bits per heavy atom. The van der Waals surface area contributed by atoms with E-state index in [0.29, 0.717) is 26.3 Å². The van der Waals surface area contributed by atoms with Crippen molar-refractivity contribution in [3.8, 4) is 11.5 Å². The molecule has 4 N–H and O–H groups in total. The molecule has 4 nitrogen and oxygen atoms in total. The number of ether oxygens (including phenoxy) is 2. The van der Waals surface area contributed by atoms with Gasteiger partial charge in [-0.1, -0.05) is 84.9 Å². The van der Waals surface area contributed by atoms with Gasteiger partial charge in [0.2, 0.25) is 0 Å². The van der Waals surface area contributed by atoms with Gasteiger partial charge in [-0.25, -0.2) is 0 Å². The molecule has 0 unspecified atom stereocenters. The summed E-state index contributed by atoms with van der Waals surface area (Å²) < 4.78 is 12.2. The molecule has 0 fully saturated rings. The minimum atomic E-state index is 0.653. The minimum absolute atomic E-state index is 0.653. The summed E-state index contributed by atoms with van der Waals surface area (Å²) in [6, 6.07) is 37.9. The molecule has 196 valence electrons. The van der Waals surface area contributed by atoms with Crippen LogP contribution in [0.5, 0.6) is 11.5 Å². The average Bonchev–Trinajstić information content (AvgIpc) is 2.97. The molecule has 4 rings (SSSR count). The SMILES string of the molecule is NCCCCOc1cccc(/C(=C(/c2ccccc2)c2cccc(OCCCCN)c2)c2ccccc2)c1. The predicted octanol–water partition coefficient (Wildman–Crippen LogP) is 6.93. The molecule has 0 aliphatic rings. The Labute approximate surface area is 226 Å². The third-order valence-corrected chi connectivity index (χ3v) is 6.35. The van der Waals surface area contributed by atoms with Crippen LogP contribution >= 0.6 is 0 Å². The fraction of sp³-hybridized carbons (Fsp3) is 0.235. The second kappa shape index (κ2) is 14.8.